The van der Waals surface area contributed by atoms with Crippen molar-refractivity contribution in [3.05, 3.63) is 108 Å². The van der Waals surface area contributed by atoms with Crippen molar-refractivity contribution in [3.63, 3.8) is 0 Å². The summed E-state index contributed by atoms with van der Waals surface area (Å²) in [6, 6.07) is 23.2. The maximum Gasteiger partial charge on any atom is 0.338 e. The number of carboxylic acid groups (broad SMARTS) is 1. The van der Waals surface area contributed by atoms with E-state index in [4.69, 9.17) is 18.9 Å². The summed E-state index contributed by atoms with van der Waals surface area (Å²) in [6.45, 7) is 0. The number of aliphatic hydroxyl groups excluding tert-OH is 1. The van der Waals surface area contributed by atoms with Crippen molar-refractivity contribution in [2.75, 3.05) is 0 Å². The Hall–Kier alpha value is -4.54. The van der Waals surface area contributed by atoms with Crippen LogP contribution in [-0.4, -0.2) is 64.8 Å². The number of hydrogen-bond acceptors (Lipinski definition) is 9. The van der Waals surface area contributed by atoms with Crippen molar-refractivity contribution in [3.8, 4) is 0 Å². The van der Waals surface area contributed by atoms with Gasteiger partial charge >= 0.3 is 23.9 Å². The Morgan fingerprint density at radius 2 is 0.919 bits per heavy atom. The number of aliphatic hydroxyl groups is 1. The Balaban J connectivity index is 1.69. The molecule has 3 aromatic rings. The fourth-order valence-electron chi connectivity index (χ4n) is 3.71. The van der Waals surface area contributed by atoms with E-state index in [2.05, 4.69) is 0 Å². The number of aliphatic carboxylic acids is 1. The van der Waals surface area contributed by atoms with Gasteiger partial charge in [-0.2, -0.15) is 0 Å². The first kappa shape index (κ1) is 25.5. The minimum absolute atomic E-state index is 0.0868. The van der Waals surface area contributed by atoms with Crippen LogP contribution < -0.4 is 0 Å². The van der Waals surface area contributed by atoms with Gasteiger partial charge in [0, 0.05) is 0 Å². The molecule has 0 bridgehead atoms. The average Bonchev–Trinajstić information content (AvgIpc) is 2.93. The molecule has 37 heavy (non-hydrogen) atoms. The van der Waals surface area contributed by atoms with Crippen LogP contribution >= 0.6 is 0 Å². The number of ether oxygens (including phenoxy) is 4. The third kappa shape index (κ3) is 6.00. The lowest BCUT2D eigenvalue weighted by Gasteiger charge is -2.41. The number of hydrogen-bond donors (Lipinski definition) is 2. The number of carbonyl (C=O) groups is 4. The predicted molar refractivity (Wildman–Crippen MR) is 125 cm³/mol. The van der Waals surface area contributed by atoms with Crippen LogP contribution in [0.4, 0.5) is 0 Å². The molecule has 4 rings (SSSR count). The molecule has 0 saturated carbocycles. The minimum atomic E-state index is -2.02. The molecule has 1 saturated heterocycles. The first-order valence-corrected chi connectivity index (χ1v) is 11.2. The molecule has 1 aliphatic rings. The molecule has 0 aromatic heterocycles. The van der Waals surface area contributed by atoms with E-state index < -0.39 is 54.6 Å². The number of carboxylic acids is 1. The van der Waals surface area contributed by atoms with E-state index in [0.717, 1.165) is 0 Å². The normalized spacial score (nSPS) is 22.9. The molecule has 0 amide bonds. The first-order valence-electron chi connectivity index (χ1n) is 11.2. The Morgan fingerprint density at radius 1 is 0.568 bits per heavy atom. The SMILES string of the molecule is O=C(O[C@@H]1[C@@H](OC(=O)c2ccccc2)[C@H](O)O[C@@H](C(=O)O)[C@H]1OC(=O)c1ccccc1)c1ccccc1. The second kappa shape index (κ2) is 11.5. The van der Waals surface area contributed by atoms with Gasteiger partial charge in [-0.3, -0.25) is 0 Å². The van der Waals surface area contributed by atoms with Crippen LogP contribution in [0.25, 0.3) is 0 Å². The van der Waals surface area contributed by atoms with Gasteiger partial charge in [-0.25, -0.2) is 19.2 Å². The van der Waals surface area contributed by atoms with Crippen LogP contribution in [0.5, 0.6) is 0 Å². The van der Waals surface area contributed by atoms with E-state index in [1.54, 1.807) is 54.6 Å². The topological polar surface area (TPSA) is 146 Å². The van der Waals surface area contributed by atoms with Gasteiger partial charge in [0.05, 0.1) is 16.7 Å². The molecule has 190 valence electrons. The van der Waals surface area contributed by atoms with Gasteiger partial charge in [0.25, 0.3) is 0 Å². The molecule has 10 heteroatoms. The molecule has 0 unspecified atom stereocenters. The maximum atomic E-state index is 12.9. The number of esters is 3. The van der Waals surface area contributed by atoms with Crippen molar-refractivity contribution in [2.24, 2.45) is 0 Å². The van der Waals surface area contributed by atoms with Crippen molar-refractivity contribution in [1.29, 1.82) is 0 Å². The molecular weight excluding hydrogens is 484 g/mol. The third-order valence-corrected chi connectivity index (χ3v) is 5.51. The van der Waals surface area contributed by atoms with Crippen molar-refractivity contribution in [1.82, 2.24) is 0 Å². The molecule has 2 N–H and O–H groups in total. The van der Waals surface area contributed by atoms with Gasteiger partial charge in [-0.1, -0.05) is 54.6 Å². The summed E-state index contributed by atoms with van der Waals surface area (Å²) < 4.78 is 21.6. The maximum absolute atomic E-state index is 12.9. The van der Waals surface area contributed by atoms with E-state index in [9.17, 15) is 29.4 Å². The molecule has 1 fully saturated rings. The smallest absolute Gasteiger partial charge is 0.338 e. The summed E-state index contributed by atoms with van der Waals surface area (Å²) in [5, 5.41) is 20.4. The highest BCUT2D eigenvalue weighted by atomic mass is 16.7. The van der Waals surface area contributed by atoms with Crippen LogP contribution in [0, 0.1) is 0 Å². The number of rotatable bonds is 7. The summed E-state index contributed by atoms with van der Waals surface area (Å²) in [6.07, 6.45) is -9.21. The van der Waals surface area contributed by atoms with Crippen molar-refractivity contribution >= 4 is 23.9 Å². The molecule has 1 aliphatic heterocycles. The molecule has 10 nitrogen and oxygen atoms in total. The Bertz CT molecular complexity index is 1250. The van der Waals surface area contributed by atoms with E-state index in [0.29, 0.717) is 0 Å². The summed E-state index contributed by atoms with van der Waals surface area (Å²) in [7, 11) is 0. The standard InChI is InChI=1S/C27H22O10/c28-23(29)21-19(34-24(30)16-10-4-1-5-11-16)20(35-25(31)17-12-6-2-7-13-17)22(27(33)36-21)37-26(32)18-14-8-3-9-15-18/h1-15,19-22,27,33H,(H,28,29)/t19-,20-,21+,22+,27+/m0/s1. The lowest BCUT2D eigenvalue weighted by atomic mass is 9.97. The Kier molecular flexibility index (Phi) is 7.92. The highest BCUT2D eigenvalue weighted by Crippen LogP contribution is 2.30. The van der Waals surface area contributed by atoms with Crippen LogP contribution in [0.3, 0.4) is 0 Å². The summed E-state index contributed by atoms with van der Waals surface area (Å²) in [5.41, 5.74) is 0.293. The molecule has 0 radical (unpaired) electrons. The van der Waals surface area contributed by atoms with Gasteiger partial charge in [-0.05, 0) is 36.4 Å². The Labute approximate surface area is 211 Å². The zero-order chi connectivity index (χ0) is 26.4. The molecule has 1 heterocycles. The van der Waals surface area contributed by atoms with E-state index in [1.165, 1.54) is 36.4 Å². The fraction of sp³-hybridized carbons (Fsp3) is 0.185. The zero-order valence-corrected chi connectivity index (χ0v) is 19.2. The van der Waals surface area contributed by atoms with Gasteiger partial charge in [0.1, 0.15) is 0 Å². The van der Waals surface area contributed by atoms with E-state index >= 15 is 0 Å². The summed E-state index contributed by atoms with van der Waals surface area (Å²) in [5.74, 6) is -4.37. The lowest BCUT2D eigenvalue weighted by Crippen LogP contribution is -2.63. The first-order chi connectivity index (χ1) is 17.8. The van der Waals surface area contributed by atoms with Crippen LogP contribution in [0.2, 0.25) is 0 Å². The number of benzene rings is 3. The van der Waals surface area contributed by atoms with Crippen molar-refractivity contribution < 1.29 is 48.3 Å². The van der Waals surface area contributed by atoms with Crippen LogP contribution in [-0.2, 0) is 23.7 Å². The van der Waals surface area contributed by atoms with E-state index in [1.807, 2.05) is 0 Å². The molecule has 0 aliphatic carbocycles. The second-order valence-corrected chi connectivity index (χ2v) is 7.99. The fourth-order valence-corrected chi connectivity index (χ4v) is 3.71. The van der Waals surface area contributed by atoms with Gasteiger partial charge in [0.2, 0.25) is 0 Å². The lowest BCUT2D eigenvalue weighted by molar-refractivity contribution is -0.277. The quantitative estimate of drug-likeness (QED) is 0.362. The second-order valence-electron chi connectivity index (χ2n) is 7.99. The zero-order valence-electron chi connectivity index (χ0n) is 19.2. The van der Waals surface area contributed by atoms with Gasteiger partial charge in [0.15, 0.2) is 30.7 Å². The average molecular weight is 506 g/mol. The Morgan fingerprint density at radius 3 is 1.30 bits per heavy atom. The molecule has 5 atom stereocenters. The van der Waals surface area contributed by atoms with Gasteiger partial charge < -0.3 is 29.2 Å². The number of carbonyl (C=O) groups excluding carboxylic acids is 3. The molecular formula is C27H22O10. The molecule has 0 spiro atoms. The minimum Gasteiger partial charge on any atom is -0.479 e. The van der Waals surface area contributed by atoms with E-state index in [-0.39, 0.29) is 16.7 Å². The predicted octanol–water partition coefficient (Wildman–Crippen LogP) is 2.46. The summed E-state index contributed by atoms with van der Waals surface area (Å²) >= 11 is 0. The van der Waals surface area contributed by atoms with Crippen LogP contribution in [0.15, 0.2) is 91.0 Å². The highest BCUT2D eigenvalue weighted by molar-refractivity contribution is 5.91. The van der Waals surface area contributed by atoms with Crippen molar-refractivity contribution in [2.45, 2.75) is 30.7 Å². The molecule has 3 aromatic carbocycles. The van der Waals surface area contributed by atoms with Gasteiger partial charge in [-0.15, -0.1) is 0 Å². The largest absolute Gasteiger partial charge is 0.479 e. The third-order valence-electron chi connectivity index (χ3n) is 5.51. The monoisotopic (exact) mass is 506 g/mol. The van der Waals surface area contributed by atoms with Crippen LogP contribution in [0.1, 0.15) is 31.1 Å². The highest BCUT2D eigenvalue weighted by Gasteiger charge is 2.54. The summed E-state index contributed by atoms with van der Waals surface area (Å²) in [4.78, 5) is 50.5.